The molecule has 0 saturated heterocycles. The fourth-order valence-corrected chi connectivity index (χ4v) is 13.1. The molecule has 0 N–H and O–H groups in total. The van der Waals surface area contributed by atoms with Crippen LogP contribution in [0, 0.1) is 0 Å². The Labute approximate surface area is 190 Å². The molecule has 1 heterocycles. The first-order valence-corrected chi connectivity index (χ1v) is 15.0. The summed E-state index contributed by atoms with van der Waals surface area (Å²) in [6.07, 6.45) is 10.4. The molecule has 6 heteroatoms. The van der Waals surface area contributed by atoms with Crippen LogP contribution in [-0.4, -0.2) is 4.98 Å². The molecule has 0 bridgehead atoms. The number of fused-ring (bicyclic) bond motifs is 4. The number of halogens is 3. The van der Waals surface area contributed by atoms with Gasteiger partial charge in [-0.15, -0.1) is 0 Å². The quantitative estimate of drug-likeness (QED) is 0.305. The van der Waals surface area contributed by atoms with Crippen LogP contribution in [0.25, 0.3) is 17.2 Å². The summed E-state index contributed by atoms with van der Waals surface area (Å²) in [6.45, 7) is 0. The Morgan fingerprint density at radius 3 is 2.70 bits per heavy atom. The third-order valence-electron chi connectivity index (χ3n) is 5.12. The second-order valence-electron chi connectivity index (χ2n) is 6.47. The molecule has 3 aromatic rings. The van der Waals surface area contributed by atoms with Gasteiger partial charge < -0.3 is 24.8 Å². The molecule has 0 amide bonds. The van der Waals surface area contributed by atoms with Crippen LogP contribution in [0.4, 0.5) is 0 Å². The maximum absolute atomic E-state index is 6.27. The Bertz CT molecular complexity index is 1100. The Morgan fingerprint density at radius 2 is 1.85 bits per heavy atom. The molecule has 5 rings (SSSR count). The van der Waals surface area contributed by atoms with Crippen molar-refractivity contribution in [1.29, 1.82) is 0 Å². The average molecular weight is 554 g/mol. The molecular weight excluding hydrogens is 540 g/mol. The minimum atomic E-state index is -2.40. The summed E-state index contributed by atoms with van der Waals surface area (Å²) in [4.78, 5) is 4.33. The van der Waals surface area contributed by atoms with Gasteiger partial charge in [0.25, 0.3) is 0 Å². The van der Waals surface area contributed by atoms with Crippen LogP contribution >= 0.6 is 24.8 Å². The predicted octanol–water partition coefficient (Wildman–Crippen LogP) is -1.33. The molecular formula is C21H14BrCl2NSZr. The molecule has 27 heavy (non-hydrogen) atoms. The average Bonchev–Trinajstić information content (AvgIpc) is 3.25. The SMILES string of the molecule is [Cl-].[Cl-].[S]=[Zr+2]([c]1cccc2c1C=CC2)[c]1c(Br)ccc2c1Cc1ccncc1-2. The van der Waals surface area contributed by atoms with E-state index in [4.69, 9.17) is 8.86 Å². The van der Waals surface area contributed by atoms with Gasteiger partial charge in [0.1, 0.15) is 0 Å². The minimum absolute atomic E-state index is 0. The van der Waals surface area contributed by atoms with Crippen LogP contribution in [-0.2, 0) is 32.6 Å². The number of nitrogens with zero attached hydrogens (tertiary/aromatic N) is 1. The van der Waals surface area contributed by atoms with E-state index >= 15 is 0 Å². The van der Waals surface area contributed by atoms with Crippen LogP contribution in [0.15, 0.2) is 59.3 Å². The molecule has 0 atom stereocenters. The third kappa shape index (κ3) is 3.49. The summed E-state index contributed by atoms with van der Waals surface area (Å²) in [7, 11) is 6.27. The first kappa shape index (κ1) is 21.2. The second-order valence-corrected chi connectivity index (χ2v) is 13.9. The van der Waals surface area contributed by atoms with Crippen LogP contribution in [0.3, 0.4) is 0 Å². The number of pyridine rings is 1. The molecule has 0 radical (unpaired) electrons. The van der Waals surface area contributed by atoms with Crippen molar-refractivity contribution in [3.63, 3.8) is 0 Å². The van der Waals surface area contributed by atoms with E-state index in [-0.39, 0.29) is 24.8 Å². The van der Waals surface area contributed by atoms with Crippen molar-refractivity contribution in [2.45, 2.75) is 12.8 Å². The standard InChI is InChI=1S/C12H7BrN.C9H7.2ClH.S.Zr/c13-10-1-2-11-9(6-10)5-8-3-4-14-7-12(8)11;1-2-5-9-7-3-6-8(9)4-1;;;;/h1-4,7H,5H2;1-4,7H,6H2;2*1H;;/q;;;;;+2/p-2. The van der Waals surface area contributed by atoms with E-state index in [0.29, 0.717) is 0 Å². The molecule has 2 aliphatic rings. The van der Waals surface area contributed by atoms with Crippen LogP contribution in [0.2, 0.25) is 0 Å². The molecule has 0 unspecified atom stereocenters. The topological polar surface area (TPSA) is 12.9 Å². The summed E-state index contributed by atoms with van der Waals surface area (Å²) in [6, 6.07) is 13.2. The summed E-state index contributed by atoms with van der Waals surface area (Å²) in [5.74, 6) is 0. The molecule has 0 fully saturated rings. The zero-order valence-electron chi connectivity index (χ0n) is 14.2. The van der Waals surface area contributed by atoms with E-state index in [1.165, 1.54) is 44.4 Å². The molecule has 134 valence electrons. The van der Waals surface area contributed by atoms with E-state index in [2.05, 4.69) is 69.5 Å². The van der Waals surface area contributed by atoms with Crippen molar-refractivity contribution < 1.29 is 44.5 Å². The number of allylic oxidation sites excluding steroid dienone is 1. The fraction of sp³-hybridized carbons (Fsp3) is 0.0952. The molecule has 0 saturated carbocycles. The van der Waals surface area contributed by atoms with Crippen molar-refractivity contribution in [3.8, 4) is 11.1 Å². The summed E-state index contributed by atoms with van der Waals surface area (Å²) < 4.78 is 4.06. The van der Waals surface area contributed by atoms with Crippen molar-refractivity contribution in [2.24, 2.45) is 0 Å². The second kappa shape index (κ2) is 8.47. The zero-order chi connectivity index (χ0) is 17.0. The van der Waals surface area contributed by atoms with E-state index < -0.39 is 19.7 Å². The Balaban J connectivity index is 0.00000105. The van der Waals surface area contributed by atoms with Gasteiger partial charge in [-0.3, -0.25) is 0 Å². The van der Waals surface area contributed by atoms with E-state index in [0.717, 1.165) is 12.8 Å². The van der Waals surface area contributed by atoms with E-state index in [9.17, 15) is 0 Å². The number of benzene rings is 2. The van der Waals surface area contributed by atoms with Gasteiger partial charge in [-0.25, -0.2) is 0 Å². The fourth-order valence-electron chi connectivity index (χ4n) is 3.94. The zero-order valence-corrected chi connectivity index (χ0v) is 20.5. The Morgan fingerprint density at radius 1 is 1.00 bits per heavy atom. The summed E-state index contributed by atoms with van der Waals surface area (Å²) >= 11 is 1.42. The molecule has 2 aliphatic carbocycles. The molecule has 1 nitrogen and oxygen atoms in total. The van der Waals surface area contributed by atoms with Gasteiger partial charge in [0, 0.05) is 0 Å². The predicted molar refractivity (Wildman–Crippen MR) is 106 cm³/mol. The molecule has 0 aliphatic heterocycles. The van der Waals surface area contributed by atoms with Gasteiger partial charge in [0.15, 0.2) is 0 Å². The van der Waals surface area contributed by atoms with Gasteiger partial charge in [0.2, 0.25) is 0 Å². The summed E-state index contributed by atoms with van der Waals surface area (Å²) in [5, 5.41) is 0. The van der Waals surface area contributed by atoms with Gasteiger partial charge in [0.05, 0.1) is 0 Å². The van der Waals surface area contributed by atoms with Gasteiger partial charge in [-0.05, 0) is 0 Å². The van der Waals surface area contributed by atoms with Gasteiger partial charge in [-0.1, -0.05) is 0 Å². The molecule has 0 spiro atoms. The van der Waals surface area contributed by atoms with Crippen molar-refractivity contribution in [3.05, 3.63) is 81.6 Å². The van der Waals surface area contributed by atoms with Crippen molar-refractivity contribution in [1.82, 2.24) is 4.98 Å². The normalized spacial score (nSPS) is 12.1. The van der Waals surface area contributed by atoms with E-state index in [1.54, 1.807) is 0 Å². The van der Waals surface area contributed by atoms with Crippen LogP contribution < -0.4 is 31.4 Å². The molecule has 2 aromatic carbocycles. The van der Waals surface area contributed by atoms with Crippen LogP contribution in [0.1, 0.15) is 22.3 Å². The molecule has 1 aromatic heterocycles. The van der Waals surface area contributed by atoms with Crippen molar-refractivity contribution >= 4 is 37.4 Å². The maximum atomic E-state index is 6.27. The number of rotatable bonds is 2. The Kier molecular flexibility index (Phi) is 6.65. The third-order valence-corrected chi connectivity index (χ3v) is 14.0. The first-order chi connectivity index (χ1) is 12.2. The number of hydrogen-bond acceptors (Lipinski definition) is 2. The van der Waals surface area contributed by atoms with Crippen molar-refractivity contribution in [2.75, 3.05) is 0 Å². The number of hydrogen-bond donors (Lipinski definition) is 0. The monoisotopic (exact) mass is 551 g/mol. The van der Waals surface area contributed by atoms with Crippen LogP contribution in [0.5, 0.6) is 0 Å². The first-order valence-electron chi connectivity index (χ1n) is 8.32. The number of aromatic nitrogens is 1. The van der Waals surface area contributed by atoms with Gasteiger partial charge in [-0.2, -0.15) is 0 Å². The summed E-state index contributed by atoms with van der Waals surface area (Å²) in [5.41, 5.74) is 8.23. The van der Waals surface area contributed by atoms with Gasteiger partial charge >= 0.3 is 168 Å². The van der Waals surface area contributed by atoms with E-state index in [1.807, 2.05) is 12.4 Å². The Hall–Kier alpha value is -0.507.